The van der Waals surface area contributed by atoms with E-state index >= 15 is 0 Å². The fraction of sp³-hybridized carbons (Fsp3) is 0.429. The molecule has 12 heteroatoms. The lowest BCUT2D eigenvalue weighted by Gasteiger charge is -2.26. The molecular weight excluding hydrogens is 688 g/mol. The average molecular weight is 745 g/mol. The summed E-state index contributed by atoms with van der Waals surface area (Å²) in [6.45, 7) is 20.9. The maximum Gasteiger partial charge on any atom is 0.339 e. The second-order valence-corrected chi connectivity index (χ2v) is 12.7. The quantitative estimate of drug-likeness (QED) is 0.0834. The Morgan fingerprint density at radius 1 is 0.611 bits per heavy atom. The maximum absolute atomic E-state index is 11.6. The van der Waals surface area contributed by atoms with E-state index in [1.54, 1.807) is 24.5 Å². The second kappa shape index (κ2) is 22.1. The third kappa shape index (κ3) is 11.9. The molecular formula is C42H56N4O8. The monoisotopic (exact) mass is 744 g/mol. The van der Waals surface area contributed by atoms with Gasteiger partial charge in [-0.2, -0.15) is 0 Å². The molecule has 0 fully saturated rings. The molecule has 0 aliphatic heterocycles. The molecule has 54 heavy (non-hydrogen) atoms. The predicted molar refractivity (Wildman–Crippen MR) is 213 cm³/mol. The van der Waals surface area contributed by atoms with Gasteiger partial charge < -0.3 is 39.0 Å². The van der Waals surface area contributed by atoms with Crippen molar-refractivity contribution in [2.45, 2.75) is 67.2 Å². The number of aromatic carboxylic acids is 2. The molecule has 0 atom stereocenters. The van der Waals surface area contributed by atoms with E-state index in [-0.39, 0.29) is 11.1 Å². The largest absolute Gasteiger partial charge is 0.491 e. The molecule has 2 aromatic heterocycles. The van der Waals surface area contributed by atoms with Gasteiger partial charge in [0.25, 0.3) is 0 Å². The van der Waals surface area contributed by atoms with Crippen LogP contribution in [0.4, 0.5) is 22.7 Å². The first-order valence-electron chi connectivity index (χ1n) is 18.6. The number of carboxylic acid groups (broad SMARTS) is 2. The summed E-state index contributed by atoms with van der Waals surface area (Å²) in [6, 6.07) is 15.5. The fourth-order valence-electron chi connectivity index (χ4n) is 5.85. The van der Waals surface area contributed by atoms with Crippen LogP contribution in [-0.4, -0.2) is 84.9 Å². The smallest absolute Gasteiger partial charge is 0.339 e. The molecule has 0 radical (unpaired) electrons. The van der Waals surface area contributed by atoms with Gasteiger partial charge in [0.15, 0.2) is 0 Å². The van der Waals surface area contributed by atoms with Gasteiger partial charge in [0.1, 0.15) is 35.8 Å². The Morgan fingerprint density at radius 2 is 1.00 bits per heavy atom. The standard InChI is InChI=1S/2C21H28N2O4/c2*1-5-23(19-9-10-22-14-18(19)21(24)25)16-7-8-17(15(3)4)20(13-16)27-12-11-26-6-2/h2*7-10,13-15H,5-6,11-12H2,1-4H3,(H,24,25). The Bertz CT molecular complexity index is 1650. The van der Waals surface area contributed by atoms with E-state index < -0.39 is 11.9 Å². The summed E-state index contributed by atoms with van der Waals surface area (Å²) >= 11 is 0. The number of nitrogens with zero attached hydrogens (tertiary/aromatic N) is 4. The number of ether oxygens (including phenoxy) is 4. The van der Waals surface area contributed by atoms with Crippen molar-refractivity contribution in [1.82, 2.24) is 9.97 Å². The summed E-state index contributed by atoms with van der Waals surface area (Å²) in [5.41, 5.74) is 5.54. The van der Waals surface area contributed by atoms with Crippen molar-refractivity contribution >= 4 is 34.7 Å². The summed E-state index contributed by atoms with van der Waals surface area (Å²) < 4.78 is 22.7. The zero-order chi connectivity index (χ0) is 39.6. The minimum absolute atomic E-state index is 0.172. The van der Waals surface area contributed by atoms with E-state index in [0.29, 0.717) is 75.9 Å². The third-order valence-corrected chi connectivity index (χ3v) is 8.51. The zero-order valence-corrected chi connectivity index (χ0v) is 32.9. The molecule has 0 bridgehead atoms. The van der Waals surface area contributed by atoms with Crippen molar-refractivity contribution < 1.29 is 38.7 Å². The lowest BCUT2D eigenvalue weighted by Crippen LogP contribution is -2.19. The van der Waals surface area contributed by atoms with E-state index in [9.17, 15) is 19.8 Å². The van der Waals surface area contributed by atoms with Gasteiger partial charge in [-0.25, -0.2) is 9.59 Å². The lowest BCUT2D eigenvalue weighted by atomic mass is 10.0. The van der Waals surface area contributed by atoms with Gasteiger partial charge in [-0.3, -0.25) is 9.97 Å². The minimum Gasteiger partial charge on any atom is -0.491 e. The van der Waals surface area contributed by atoms with Gasteiger partial charge in [-0.15, -0.1) is 0 Å². The van der Waals surface area contributed by atoms with Crippen molar-refractivity contribution in [1.29, 1.82) is 0 Å². The van der Waals surface area contributed by atoms with Crippen molar-refractivity contribution in [3.63, 3.8) is 0 Å². The van der Waals surface area contributed by atoms with Crippen LogP contribution in [0.1, 0.15) is 99.1 Å². The number of pyridine rings is 2. The molecule has 0 spiro atoms. The molecule has 292 valence electrons. The Morgan fingerprint density at radius 3 is 1.31 bits per heavy atom. The summed E-state index contributed by atoms with van der Waals surface area (Å²) in [4.78, 5) is 34.9. The Balaban J connectivity index is 0.000000290. The number of hydrogen-bond acceptors (Lipinski definition) is 10. The Hall–Kier alpha value is -5.20. The summed E-state index contributed by atoms with van der Waals surface area (Å²) in [7, 11) is 0. The number of hydrogen-bond donors (Lipinski definition) is 2. The SMILES string of the molecule is CCOCCOc1cc(N(CC)c2ccncc2C(=O)O)ccc1C(C)C.CCOCCOc1cc(N(CC)c2ccncc2C(=O)O)ccc1C(C)C. The highest BCUT2D eigenvalue weighted by molar-refractivity contribution is 5.96. The van der Waals surface area contributed by atoms with Crippen molar-refractivity contribution in [2.24, 2.45) is 0 Å². The minimum atomic E-state index is -0.997. The molecule has 12 nitrogen and oxygen atoms in total. The molecule has 0 saturated heterocycles. The number of benzene rings is 2. The van der Waals surface area contributed by atoms with Crippen molar-refractivity contribution in [2.75, 3.05) is 62.5 Å². The molecule has 4 aromatic rings. The predicted octanol–water partition coefficient (Wildman–Crippen LogP) is 8.95. The van der Waals surface area contributed by atoms with Crippen LogP contribution >= 0.6 is 0 Å². The van der Waals surface area contributed by atoms with Crippen LogP contribution in [-0.2, 0) is 9.47 Å². The Labute approximate surface area is 319 Å². The van der Waals surface area contributed by atoms with E-state index in [4.69, 9.17) is 18.9 Å². The van der Waals surface area contributed by atoms with Gasteiger partial charge >= 0.3 is 11.9 Å². The van der Waals surface area contributed by atoms with E-state index in [2.05, 4.69) is 37.7 Å². The van der Waals surface area contributed by atoms with Gasteiger partial charge in [0.2, 0.25) is 0 Å². The summed E-state index contributed by atoms with van der Waals surface area (Å²) in [5, 5.41) is 19.0. The van der Waals surface area contributed by atoms with Gasteiger partial charge in [0, 0.05) is 74.6 Å². The van der Waals surface area contributed by atoms with Crippen LogP contribution in [0.5, 0.6) is 11.5 Å². The highest BCUT2D eigenvalue weighted by atomic mass is 16.5. The molecule has 0 saturated carbocycles. The average Bonchev–Trinajstić information content (AvgIpc) is 3.16. The van der Waals surface area contributed by atoms with Crippen LogP contribution < -0.4 is 19.3 Å². The van der Waals surface area contributed by atoms with Crippen molar-refractivity contribution in [3.8, 4) is 11.5 Å². The normalized spacial score (nSPS) is 10.9. The first kappa shape index (κ1) is 43.2. The number of carboxylic acids is 2. The first-order chi connectivity index (χ1) is 26.0. The number of anilines is 4. The van der Waals surface area contributed by atoms with Gasteiger partial charge in [0.05, 0.1) is 24.6 Å². The summed E-state index contributed by atoms with van der Waals surface area (Å²) in [6.07, 6.45) is 5.96. The van der Waals surface area contributed by atoms with Crippen LogP contribution in [0.15, 0.2) is 73.3 Å². The first-order valence-corrected chi connectivity index (χ1v) is 18.6. The van der Waals surface area contributed by atoms with E-state index in [0.717, 1.165) is 34.0 Å². The summed E-state index contributed by atoms with van der Waals surface area (Å²) in [5.74, 6) is 0.226. The number of rotatable bonds is 20. The van der Waals surface area contributed by atoms with Crippen molar-refractivity contribution in [3.05, 3.63) is 95.6 Å². The van der Waals surface area contributed by atoms with E-state index in [1.165, 1.54) is 12.4 Å². The molecule has 0 aliphatic carbocycles. The topological polar surface area (TPSA) is 144 Å². The molecule has 2 N–H and O–H groups in total. The van der Waals surface area contributed by atoms with Gasteiger partial charge in [-0.1, -0.05) is 39.8 Å². The highest BCUT2D eigenvalue weighted by Crippen LogP contribution is 2.36. The van der Waals surface area contributed by atoms with Crippen LogP contribution in [0, 0.1) is 0 Å². The zero-order valence-electron chi connectivity index (χ0n) is 32.9. The van der Waals surface area contributed by atoms with Crippen LogP contribution in [0.25, 0.3) is 0 Å². The van der Waals surface area contributed by atoms with Crippen LogP contribution in [0.2, 0.25) is 0 Å². The molecule has 4 rings (SSSR count). The Kier molecular flexibility index (Phi) is 17.7. The molecule has 2 heterocycles. The third-order valence-electron chi connectivity index (χ3n) is 8.51. The number of aromatic nitrogens is 2. The molecule has 0 aliphatic rings. The van der Waals surface area contributed by atoms with Gasteiger partial charge in [-0.05, 0) is 74.9 Å². The fourth-order valence-corrected chi connectivity index (χ4v) is 5.85. The lowest BCUT2D eigenvalue weighted by molar-refractivity contribution is 0.0686. The number of carbonyl (C=O) groups is 2. The second-order valence-electron chi connectivity index (χ2n) is 12.7. The molecule has 2 aromatic carbocycles. The maximum atomic E-state index is 11.6. The van der Waals surface area contributed by atoms with E-state index in [1.807, 2.05) is 73.9 Å². The molecule has 0 amide bonds. The highest BCUT2D eigenvalue weighted by Gasteiger charge is 2.20. The molecule has 0 unspecified atom stereocenters. The van der Waals surface area contributed by atoms with Crippen LogP contribution in [0.3, 0.4) is 0 Å².